The lowest BCUT2D eigenvalue weighted by atomic mass is 10.0. The Balaban J connectivity index is 1.76. The highest BCUT2D eigenvalue weighted by molar-refractivity contribution is 6.09. The van der Waals surface area contributed by atoms with Gasteiger partial charge in [0.15, 0.2) is 5.69 Å². The highest BCUT2D eigenvalue weighted by Crippen LogP contribution is 2.36. The first-order chi connectivity index (χ1) is 17.4. The topological polar surface area (TPSA) is 47.8 Å². The second kappa shape index (κ2) is 10.00. The summed E-state index contributed by atoms with van der Waals surface area (Å²) >= 11 is 0. The summed E-state index contributed by atoms with van der Waals surface area (Å²) in [5.74, 6) is -1.07. The molecule has 0 aliphatic rings. The molecule has 0 radical (unpaired) electrons. The van der Waals surface area contributed by atoms with E-state index < -0.39 is 41.6 Å². The van der Waals surface area contributed by atoms with Crippen molar-refractivity contribution in [2.45, 2.75) is 18.9 Å². The lowest BCUT2D eigenvalue weighted by molar-refractivity contribution is -0.143. The summed E-state index contributed by atoms with van der Waals surface area (Å²) in [5.41, 5.74) is -2.35. The average molecular weight is 519 g/mol. The summed E-state index contributed by atoms with van der Waals surface area (Å²) in [6, 6.07) is 14.7. The molecule has 0 amide bonds. The fourth-order valence-corrected chi connectivity index (χ4v) is 3.58. The minimum absolute atomic E-state index is 0.0398. The molecule has 4 nitrogen and oxygen atoms in total. The zero-order chi connectivity index (χ0) is 26.8. The summed E-state index contributed by atoms with van der Waals surface area (Å²) in [6.45, 7) is -0.515. The third kappa shape index (κ3) is 6.11. The molecule has 37 heavy (non-hydrogen) atoms. The van der Waals surface area contributed by atoms with Gasteiger partial charge in [-0.25, -0.2) is 9.07 Å². The Morgan fingerprint density at radius 2 is 1.43 bits per heavy atom. The van der Waals surface area contributed by atoms with E-state index in [0.717, 1.165) is 4.68 Å². The van der Waals surface area contributed by atoms with E-state index in [1.807, 2.05) is 0 Å². The molecule has 11 heteroatoms. The van der Waals surface area contributed by atoms with E-state index in [0.29, 0.717) is 23.3 Å². The molecule has 0 aliphatic heterocycles. The van der Waals surface area contributed by atoms with Crippen LogP contribution in [0.15, 0.2) is 78.9 Å². The maximum absolute atomic E-state index is 13.3. The van der Waals surface area contributed by atoms with Crippen LogP contribution < -0.4 is 0 Å². The first kappa shape index (κ1) is 25.8. The molecule has 3 aromatic carbocycles. The fourth-order valence-electron chi connectivity index (χ4n) is 3.58. The van der Waals surface area contributed by atoms with Crippen molar-refractivity contribution in [2.24, 2.45) is 0 Å². The molecule has 4 rings (SSSR count). The van der Waals surface area contributed by atoms with Gasteiger partial charge < -0.3 is 0 Å². The molecule has 0 saturated carbocycles. The van der Waals surface area contributed by atoms with E-state index >= 15 is 0 Å². The zero-order valence-corrected chi connectivity index (χ0v) is 18.7. The highest BCUT2D eigenvalue weighted by Gasteiger charge is 2.37. The number of benzene rings is 3. The van der Waals surface area contributed by atoms with E-state index in [1.165, 1.54) is 36.4 Å². The molecule has 0 fully saturated rings. The third-order valence-electron chi connectivity index (χ3n) is 5.29. The van der Waals surface area contributed by atoms with Crippen molar-refractivity contribution in [1.82, 2.24) is 15.0 Å². The number of aromatic nitrogens is 3. The van der Waals surface area contributed by atoms with Gasteiger partial charge in [0.25, 0.3) is 0 Å². The highest BCUT2D eigenvalue weighted by atomic mass is 19.4. The number of alkyl halides is 6. The van der Waals surface area contributed by atoms with Crippen molar-refractivity contribution < 1.29 is 35.5 Å². The van der Waals surface area contributed by atoms with E-state index in [4.69, 9.17) is 0 Å². The number of nitrogens with zero attached hydrogens (tertiary/aromatic N) is 3. The molecule has 0 spiro atoms. The van der Waals surface area contributed by atoms with Crippen LogP contribution in [0.1, 0.15) is 32.7 Å². The van der Waals surface area contributed by atoms with Crippen molar-refractivity contribution in [1.29, 1.82) is 0 Å². The Hall–Kier alpha value is -4.28. The molecule has 0 unspecified atom stereocenters. The molecule has 1 aromatic heterocycles. The van der Waals surface area contributed by atoms with Crippen molar-refractivity contribution in [3.05, 3.63) is 113 Å². The summed E-state index contributed by atoms with van der Waals surface area (Å²) < 4.78 is 94.0. The number of hydrogen-bond donors (Lipinski definition) is 0. The molecule has 0 N–H and O–H groups in total. The second-order valence-electron chi connectivity index (χ2n) is 7.97. The Bertz CT molecular complexity index is 1410. The van der Waals surface area contributed by atoms with E-state index in [9.17, 15) is 35.5 Å². The molecule has 190 valence electrons. The normalized spacial score (nSPS) is 12.3. The SMILES string of the molecule is O=C(C=Cc1ccc(F)cc1)c1nnn(Cc2cc(C(F)(F)F)cc(C(F)(F)F)c2)c1-c1ccccc1. The predicted octanol–water partition coefficient (Wildman–Crippen LogP) is 7.07. The van der Waals surface area contributed by atoms with Gasteiger partial charge in [0.1, 0.15) is 11.5 Å². The van der Waals surface area contributed by atoms with Crippen molar-refractivity contribution >= 4 is 11.9 Å². The molecule has 1 heterocycles. The van der Waals surface area contributed by atoms with Gasteiger partial charge in [0.05, 0.1) is 17.7 Å². The van der Waals surface area contributed by atoms with Crippen LogP contribution in [-0.2, 0) is 18.9 Å². The van der Waals surface area contributed by atoms with E-state index in [2.05, 4.69) is 10.3 Å². The third-order valence-corrected chi connectivity index (χ3v) is 5.29. The number of ketones is 1. The molecule has 0 saturated heterocycles. The van der Waals surface area contributed by atoms with Crippen LogP contribution in [0.4, 0.5) is 30.7 Å². The van der Waals surface area contributed by atoms with Crippen LogP contribution in [0.3, 0.4) is 0 Å². The standard InChI is InChI=1S/C26H16F7N3O/c27-21-9-6-16(7-10-21)8-11-22(37)23-24(18-4-2-1-3-5-18)36(35-34-23)15-17-12-19(25(28,29)30)14-20(13-17)26(31,32)33/h1-14H,15H2. The van der Waals surface area contributed by atoms with E-state index in [-0.39, 0.29) is 23.0 Å². The number of carbonyl (C=O) groups is 1. The van der Waals surface area contributed by atoms with E-state index in [1.54, 1.807) is 30.3 Å². The minimum Gasteiger partial charge on any atom is -0.287 e. The van der Waals surface area contributed by atoms with Crippen LogP contribution in [-0.4, -0.2) is 20.8 Å². The van der Waals surface area contributed by atoms with Gasteiger partial charge in [-0.3, -0.25) is 4.79 Å². The maximum atomic E-state index is 13.3. The van der Waals surface area contributed by atoms with Crippen molar-refractivity contribution in [3.8, 4) is 11.3 Å². The van der Waals surface area contributed by atoms with Crippen LogP contribution in [0.25, 0.3) is 17.3 Å². The fraction of sp³-hybridized carbons (Fsp3) is 0.115. The minimum atomic E-state index is -5.01. The molecule has 0 bridgehead atoms. The molecule has 0 aliphatic carbocycles. The van der Waals surface area contributed by atoms with Crippen LogP contribution in [0.2, 0.25) is 0 Å². The van der Waals surface area contributed by atoms with Crippen molar-refractivity contribution in [2.75, 3.05) is 0 Å². The predicted molar refractivity (Wildman–Crippen MR) is 121 cm³/mol. The summed E-state index contributed by atoms with van der Waals surface area (Å²) in [5, 5.41) is 7.72. The van der Waals surface area contributed by atoms with Crippen LogP contribution >= 0.6 is 0 Å². The first-order valence-electron chi connectivity index (χ1n) is 10.7. The Morgan fingerprint density at radius 3 is 2.00 bits per heavy atom. The van der Waals surface area contributed by atoms with Crippen LogP contribution in [0.5, 0.6) is 0 Å². The molecular weight excluding hydrogens is 503 g/mol. The van der Waals surface area contributed by atoms with Gasteiger partial charge in [-0.15, -0.1) is 5.10 Å². The lowest BCUT2D eigenvalue weighted by Gasteiger charge is -2.15. The van der Waals surface area contributed by atoms with Gasteiger partial charge >= 0.3 is 12.4 Å². The molecule has 4 aromatic rings. The number of hydrogen-bond acceptors (Lipinski definition) is 3. The summed E-state index contributed by atoms with van der Waals surface area (Å²) in [6.07, 6.45) is -7.43. The average Bonchev–Trinajstić information content (AvgIpc) is 3.26. The number of rotatable bonds is 6. The number of carbonyl (C=O) groups excluding carboxylic acids is 1. The van der Waals surface area contributed by atoms with Gasteiger partial charge in [0.2, 0.25) is 5.78 Å². The Kier molecular flexibility index (Phi) is 6.97. The quantitative estimate of drug-likeness (QED) is 0.156. The molecule has 0 atom stereocenters. The first-order valence-corrected chi connectivity index (χ1v) is 10.7. The monoisotopic (exact) mass is 519 g/mol. The Morgan fingerprint density at radius 1 is 0.838 bits per heavy atom. The van der Waals surface area contributed by atoms with Crippen molar-refractivity contribution in [3.63, 3.8) is 0 Å². The van der Waals surface area contributed by atoms with Gasteiger partial charge in [0, 0.05) is 5.56 Å². The molecular formula is C26H16F7N3O. The largest absolute Gasteiger partial charge is 0.416 e. The lowest BCUT2D eigenvalue weighted by Crippen LogP contribution is -2.13. The number of allylic oxidation sites excluding steroid dienone is 1. The summed E-state index contributed by atoms with van der Waals surface area (Å²) in [4.78, 5) is 12.9. The maximum Gasteiger partial charge on any atom is 0.416 e. The van der Waals surface area contributed by atoms with Crippen LogP contribution in [0, 0.1) is 5.82 Å². The van der Waals surface area contributed by atoms with Gasteiger partial charge in [-0.1, -0.05) is 53.8 Å². The zero-order valence-electron chi connectivity index (χ0n) is 18.7. The Labute approximate surface area is 205 Å². The number of halogens is 7. The van der Waals surface area contributed by atoms with Gasteiger partial charge in [-0.05, 0) is 47.5 Å². The summed E-state index contributed by atoms with van der Waals surface area (Å²) in [7, 11) is 0. The van der Waals surface area contributed by atoms with Gasteiger partial charge in [-0.2, -0.15) is 26.3 Å². The smallest absolute Gasteiger partial charge is 0.287 e. The second-order valence-corrected chi connectivity index (χ2v) is 7.97.